The van der Waals surface area contributed by atoms with Crippen molar-refractivity contribution in [3.05, 3.63) is 0 Å². The smallest absolute Gasteiger partial charge is 0.0633 e. The first kappa shape index (κ1) is 27.5. The van der Waals surface area contributed by atoms with Gasteiger partial charge in [-0.2, -0.15) is 0 Å². The lowest BCUT2D eigenvalue weighted by Crippen LogP contribution is -2.52. The SMILES string of the molecule is CC12CCCCCCCCCC3C4CCCCCCCCCC4N(C4CCCCCCCCCN41)C32. The molecule has 3 aliphatic heterocycles. The molecule has 2 aliphatic carbocycles. The van der Waals surface area contributed by atoms with Crippen molar-refractivity contribution in [1.29, 1.82) is 0 Å². The van der Waals surface area contributed by atoms with Crippen LogP contribution in [0.1, 0.15) is 174 Å². The number of rotatable bonds is 0. The Kier molecular flexibility index (Phi) is 10.6. The van der Waals surface area contributed by atoms with E-state index < -0.39 is 0 Å². The minimum absolute atomic E-state index is 0.423. The van der Waals surface area contributed by atoms with Crippen LogP contribution in [0.5, 0.6) is 0 Å². The van der Waals surface area contributed by atoms with Crippen LogP contribution >= 0.6 is 0 Å². The normalized spacial score (nSPS) is 41.4. The monoisotopic (exact) mass is 498 g/mol. The van der Waals surface area contributed by atoms with Crippen LogP contribution in [0.15, 0.2) is 0 Å². The van der Waals surface area contributed by atoms with Gasteiger partial charge in [-0.3, -0.25) is 9.80 Å². The fraction of sp³-hybridized carbons (Fsp3) is 1.00. The standard InChI is InChI=1S/C34H62N2/c1-34-27-21-15-9-3-6-12-18-24-30-29-23-17-11-5-2-7-13-19-25-31(29)36(33(30)34)32-26-20-14-8-4-10-16-22-28-35(32)34/h29-33H,2-28H2,1H3. The van der Waals surface area contributed by atoms with Crippen LogP contribution in [0.25, 0.3) is 0 Å². The van der Waals surface area contributed by atoms with Crippen molar-refractivity contribution in [2.24, 2.45) is 11.8 Å². The third kappa shape index (κ3) is 6.21. The fourth-order valence-corrected chi connectivity index (χ4v) is 10.0. The predicted molar refractivity (Wildman–Crippen MR) is 155 cm³/mol. The van der Waals surface area contributed by atoms with Crippen LogP contribution in [-0.4, -0.2) is 40.1 Å². The maximum absolute atomic E-state index is 3.30. The van der Waals surface area contributed by atoms with E-state index in [9.17, 15) is 0 Å². The predicted octanol–water partition coefficient (Wildman–Crippen LogP) is 9.86. The molecule has 0 aromatic rings. The summed E-state index contributed by atoms with van der Waals surface area (Å²) < 4.78 is 0. The van der Waals surface area contributed by atoms with E-state index in [0.717, 1.165) is 30.1 Å². The van der Waals surface area contributed by atoms with E-state index in [1.165, 1.54) is 161 Å². The third-order valence-corrected chi connectivity index (χ3v) is 11.8. The maximum Gasteiger partial charge on any atom is 0.0633 e. The number of fused-ring (bicyclic) bond motifs is 6. The first-order valence-corrected chi connectivity index (χ1v) is 17.3. The molecule has 2 heteroatoms. The van der Waals surface area contributed by atoms with Crippen LogP contribution in [0.2, 0.25) is 0 Å². The lowest BCUT2D eigenvalue weighted by Gasteiger charge is -2.44. The van der Waals surface area contributed by atoms with Gasteiger partial charge < -0.3 is 0 Å². The van der Waals surface area contributed by atoms with Crippen LogP contribution in [-0.2, 0) is 0 Å². The Morgan fingerprint density at radius 2 is 0.944 bits per heavy atom. The first-order valence-electron chi connectivity index (χ1n) is 17.3. The summed E-state index contributed by atoms with van der Waals surface area (Å²) in [6.45, 7) is 4.18. The molecular weight excluding hydrogens is 436 g/mol. The van der Waals surface area contributed by atoms with Crippen LogP contribution in [0, 0.1) is 11.8 Å². The molecule has 5 rings (SSSR count). The molecular formula is C34H62N2. The molecule has 36 heavy (non-hydrogen) atoms. The number of hydrogen-bond acceptors (Lipinski definition) is 2. The number of nitrogens with zero attached hydrogens (tertiary/aromatic N) is 2. The average molecular weight is 499 g/mol. The van der Waals surface area contributed by atoms with Gasteiger partial charge in [-0.25, -0.2) is 0 Å². The minimum atomic E-state index is 0.423. The average Bonchev–Trinajstić information content (AvgIpc) is 3.25. The van der Waals surface area contributed by atoms with Crippen molar-refractivity contribution < 1.29 is 0 Å². The van der Waals surface area contributed by atoms with Gasteiger partial charge in [-0.15, -0.1) is 0 Å². The topological polar surface area (TPSA) is 6.48 Å². The largest absolute Gasteiger partial charge is 0.281 e. The summed E-state index contributed by atoms with van der Waals surface area (Å²) in [5.41, 5.74) is 0.423. The molecule has 6 unspecified atom stereocenters. The van der Waals surface area contributed by atoms with Gasteiger partial charge in [0.1, 0.15) is 0 Å². The molecule has 5 aliphatic rings. The summed E-state index contributed by atoms with van der Waals surface area (Å²) in [6, 6.07) is 1.74. The van der Waals surface area contributed by atoms with Crippen LogP contribution in [0.4, 0.5) is 0 Å². The Bertz CT molecular complexity index is 633. The fourth-order valence-electron chi connectivity index (χ4n) is 10.0. The van der Waals surface area contributed by atoms with Gasteiger partial charge in [0.05, 0.1) is 6.17 Å². The molecule has 0 aromatic heterocycles. The van der Waals surface area contributed by atoms with E-state index in [1.807, 2.05) is 0 Å². The molecule has 0 aromatic carbocycles. The molecule has 0 N–H and O–H groups in total. The highest BCUT2D eigenvalue weighted by Gasteiger charge is 2.63. The molecule has 2 saturated carbocycles. The van der Waals surface area contributed by atoms with Gasteiger partial charge in [0.25, 0.3) is 0 Å². The van der Waals surface area contributed by atoms with Crippen molar-refractivity contribution >= 4 is 0 Å². The lowest BCUT2D eigenvalue weighted by molar-refractivity contribution is 0.0389. The highest BCUT2D eigenvalue weighted by atomic mass is 15.5. The minimum Gasteiger partial charge on any atom is -0.281 e. The molecule has 3 saturated heterocycles. The Morgan fingerprint density at radius 3 is 1.58 bits per heavy atom. The highest BCUT2D eigenvalue weighted by Crippen LogP contribution is 2.56. The quantitative estimate of drug-likeness (QED) is 0.328. The Hall–Kier alpha value is -0.0800. The second-order valence-corrected chi connectivity index (χ2v) is 14.1. The Morgan fingerprint density at radius 1 is 0.472 bits per heavy atom. The molecule has 5 fully saturated rings. The van der Waals surface area contributed by atoms with E-state index in [2.05, 4.69) is 16.7 Å². The molecule has 0 spiro atoms. The van der Waals surface area contributed by atoms with Crippen molar-refractivity contribution in [3.63, 3.8) is 0 Å². The molecule has 208 valence electrons. The summed E-state index contributed by atoms with van der Waals surface area (Å²) in [6.07, 6.45) is 39.6. The van der Waals surface area contributed by atoms with Crippen molar-refractivity contribution in [3.8, 4) is 0 Å². The van der Waals surface area contributed by atoms with E-state index in [4.69, 9.17) is 0 Å². The molecule has 6 atom stereocenters. The summed E-state index contributed by atoms with van der Waals surface area (Å²) in [7, 11) is 0. The summed E-state index contributed by atoms with van der Waals surface area (Å²) in [5.74, 6) is 1.97. The van der Waals surface area contributed by atoms with Gasteiger partial charge >= 0.3 is 0 Å². The second kappa shape index (κ2) is 13.8. The molecule has 3 heterocycles. The summed E-state index contributed by atoms with van der Waals surface area (Å²) in [5, 5.41) is 0. The maximum atomic E-state index is 3.30. The molecule has 0 radical (unpaired) electrons. The molecule has 2 nitrogen and oxygen atoms in total. The Balaban J connectivity index is 1.50. The van der Waals surface area contributed by atoms with Gasteiger partial charge in [-0.05, 0) is 57.3 Å². The summed E-state index contributed by atoms with van der Waals surface area (Å²) in [4.78, 5) is 6.49. The zero-order valence-electron chi connectivity index (χ0n) is 24.4. The zero-order chi connectivity index (χ0) is 24.6. The summed E-state index contributed by atoms with van der Waals surface area (Å²) >= 11 is 0. The van der Waals surface area contributed by atoms with Crippen LogP contribution < -0.4 is 0 Å². The third-order valence-electron chi connectivity index (χ3n) is 11.8. The van der Waals surface area contributed by atoms with Crippen molar-refractivity contribution in [2.75, 3.05) is 6.54 Å². The lowest BCUT2D eigenvalue weighted by atomic mass is 9.72. The van der Waals surface area contributed by atoms with Gasteiger partial charge in [-0.1, -0.05) is 128 Å². The van der Waals surface area contributed by atoms with E-state index in [0.29, 0.717) is 5.54 Å². The van der Waals surface area contributed by atoms with Gasteiger partial charge in [0.15, 0.2) is 0 Å². The van der Waals surface area contributed by atoms with Crippen LogP contribution in [0.3, 0.4) is 0 Å². The highest BCUT2D eigenvalue weighted by molar-refractivity contribution is 5.17. The second-order valence-electron chi connectivity index (χ2n) is 14.1. The van der Waals surface area contributed by atoms with Crippen molar-refractivity contribution in [2.45, 2.75) is 198 Å². The van der Waals surface area contributed by atoms with E-state index in [1.54, 1.807) is 12.8 Å². The molecule has 0 amide bonds. The zero-order valence-corrected chi connectivity index (χ0v) is 24.4. The Labute approximate surface area is 225 Å². The van der Waals surface area contributed by atoms with Crippen molar-refractivity contribution in [1.82, 2.24) is 9.80 Å². The number of hydrogen-bond donors (Lipinski definition) is 0. The van der Waals surface area contributed by atoms with E-state index >= 15 is 0 Å². The van der Waals surface area contributed by atoms with E-state index in [-0.39, 0.29) is 0 Å². The van der Waals surface area contributed by atoms with Gasteiger partial charge in [0.2, 0.25) is 0 Å². The first-order chi connectivity index (χ1) is 17.8. The van der Waals surface area contributed by atoms with Gasteiger partial charge in [0, 0.05) is 24.2 Å². The molecule has 0 bridgehead atoms.